The summed E-state index contributed by atoms with van der Waals surface area (Å²) in [6.45, 7) is 2.44. The Morgan fingerprint density at radius 3 is 2.81 bits per heavy atom. The second-order valence-corrected chi connectivity index (χ2v) is 4.89. The number of carbonyl (C=O) groups excluding carboxylic acids is 2. The number of para-hydroxylation sites is 1. The van der Waals surface area contributed by atoms with Gasteiger partial charge in [0, 0.05) is 23.6 Å². The highest BCUT2D eigenvalue weighted by atomic mass is 16.2. The number of aryl methyl sites for hydroxylation is 1. The second-order valence-electron chi connectivity index (χ2n) is 4.89. The van der Waals surface area contributed by atoms with Crippen molar-refractivity contribution < 1.29 is 9.59 Å². The van der Waals surface area contributed by atoms with Crippen molar-refractivity contribution in [3.63, 3.8) is 0 Å². The van der Waals surface area contributed by atoms with Gasteiger partial charge < -0.3 is 21.4 Å². The number of rotatable bonds is 6. The van der Waals surface area contributed by atoms with Crippen LogP contribution in [-0.2, 0) is 16.0 Å². The van der Waals surface area contributed by atoms with Crippen molar-refractivity contribution in [3.05, 3.63) is 35.5 Å². The highest BCUT2D eigenvalue weighted by Crippen LogP contribution is 2.21. The number of nitrogens with two attached hydrogens (primary N) is 1. The van der Waals surface area contributed by atoms with E-state index < -0.39 is 0 Å². The van der Waals surface area contributed by atoms with Crippen LogP contribution in [0.5, 0.6) is 0 Å². The molecule has 1 heterocycles. The van der Waals surface area contributed by atoms with Crippen LogP contribution in [0.25, 0.3) is 10.9 Å². The van der Waals surface area contributed by atoms with E-state index >= 15 is 0 Å². The van der Waals surface area contributed by atoms with Gasteiger partial charge in [0.1, 0.15) is 0 Å². The predicted molar refractivity (Wildman–Crippen MR) is 81.8 cm³/mol. The molecule has 2 amide bonds. The largest absolute Gasteiger partial charge is 0.361 e. The van der Waals surface area contributed by atoms with Gasteiger partial charge in [0.15, 0.2) is 0 Å². The zero-order chi connectivity index (χ0) is 15.2. The topological polar surface area (TPSA) is 100 Å². The smallest absolute Gasteiger partial charge is 0.239 e. The minimum Gasteiger partial charge on any atom is -0.361 e. The summed E-state index contributed by atoms with van der Waals surface area (Å²) in [5.41, 5.74) is 8.64. The maximum absolute atomic E-state index is 11.5. The van der Waals surface area contributed by atoms with E-state index in [0.717, 1.165) is 11.9 Å². The van der Waals surface area contributed by atoms with Crippen LogP contribution < -0.4 is 16.4 Å². The molecule has 0 aliphatic rings. The SMILES string of the molecule is Cc1cccc2c(CCNC(=O)CNC(=O)CN)c[nH]c12. The van der Waals surface area contributed by atoms with Crippen molar-refractivity contribution in [2.75, 3.05) is 19.6 Å². The van der Waals surface area contributed by atoms with E-state index in [1.165, 1.54) is 16.5 Å². The lowest BCUT2D eigenvalue weighted by molar-refractivity contribution is -0.125. The molecule has 0 bridgehead atoms. The average Bonchev–Trinajstić information content (AvgIpc) is 2.89. The summed E-state index contributed by atoms with van der Waals surface area (Å²) in [5.74, 6) is -0.551. The lowest BCUT2D eigenvalue weighted by Gasteiger charge is -2.06. The summed E-state index contributed by atoms with van der Waals surface area (Å²) in [6, 6.07) is 6.15. The summed E-state index contributed by atoms with van der Waals surface area (Å²) in [5, 5.41) is 6.38. The molecule has 1 aromatic carbocycles. The Bertz CT molecular complexity index is 648. The van der Waals surface area contributed by atoms with Crippen molar-refractivity contribution >= 4 is 22.7 Å². The van der Waals surface area contributed by atoms with Gasteiger partial charge in [0.05, 0.1) is 13.1 Å². The number of aromatic nitrogens is 1. The molecule has 0 saturated carbocycles. The maximum atomic E-state index is 11.5. The molecule has 6 heteroatoms. The number of amides is 2. The summed E-state index contributed by atoms with van der Waals surface area (Å²) in [6.07, 6.45) is 2.71. The molecule has 6 nitrogen and oxygen atoms in total. The highest BCUT2D eigenvalue weighted by molar-refractivity contribution is 5.86. The molecule has 1 aromatic heterocycles. The number of hydrogen-bond donors (Lipinski definition) is 4. The van der Waals surface area contributed by atoms with E-state index in [4.69, 9.17) is 5.73 Å². The van der Waals surface area contributed by atoms with Gasteiger partial charge in [0.25, 0.3) is 0 Å². The van der Waals surface area contributed by atoms with Crippen LogP contribution in [0, 0.1) is 6.92 Å². The van der Waals surface area contributed by atoms with Gasteiger partial charge in [-0.15, -0.1) is 0 Å². The fraction of sp³-hybridized carbons (Fsp3) is 0.333. The van der Waals surface area contributed by atoms with Gasteiger partial charge in [-0.25, -0.2) is 0 Å². The average molecular weight is 288 g/mol. The van der Waals surface area contributed by atoms with Crippen molar-refractivity contribution in [2.45, 2.75) is 13.3 Å². The molecule has 0 aliphatic carbocycles. The Morgan fingerprint density at radius 1 is 1.24 bits per heavy atom. The maximum Gasteiger partial charge on any atom is 0.239 e. The molecule has 0 aliphatic heterocycles. The predicted octanol–water partition coefficient (Wildman–Crippen LogP) is 0.210. The number of fused-ring (bicyclic) bond motifs is 1. The zero-order valence-corrected chi connectivity index (χ0v) is 12.0. The van der Waals surface area contributed by atoms with Gasteiger partial charge in [-0.3, -0.25) is 9.59 Å². The van der Waals surface area contributed by atoms with Crippen LogP contribution in [0.1, 0.15) is 11.1 Å². The lowest BCUT2D eigenvalue weighted by atomic mass is 10.1. The molecule has 0 saturated heterocycles. The van der Waals surface area contributed by atoms with E-state index in [2.05, 4.69) is 34.7 Å². The van der Waals surface area contributed by atoms with Crippen LogP contribution in [0.15, 0.2) is 24.4 Å². The standard InChI is InChI=1S/C15H20N4O2/c1-10-3-2-4-12-11(8-19-15(10)12)5-6-17-14(21)9-18-13(20)7-16/h2-4,8,19H,5-7,9,16H2,1H3,(H,17,21)(H,18,20). The Balaban J connectivity index is 1.84. The fourth-order valence-corrected chi connectivity index (χ4v) is 2.22. The second kappa shape index (κ2) is 6.90. The van der Waals surface area contributed by atoms with Gasteiger partial charge in [-0.1, -0.05) is 18.2 Å². The summed E-state index contributed by atoms with van der Waals surface area (Å²) in [4.78, 5) is 25.7. The van der Waals surface area contributed by atoms with E-state index in [-0.39, 0.29) is 24.9 Å². The number of nitrogens with one attached hydrogen (secondary N) is 3. The Hall–Kier alpha value is -2.34. The van der Waals surface area contributed by atoms with Crippen LogP contribution in [0.4, 0.5) is 0 Å². The summed E-state index contributed by atoms with van der Waals surface area (Å²) < 4.78 is 0. The van der Waals surface area contributed by atoms with Crippen molar-refractivity contribution in [1.82, 2.24) is 15.6 Å². The quantitative estimate of drug-likeness (QED) is 0.611. The summed E-state index contributed by atoms with van der Waals surface area (Å²) in [7, 11) is 0. The molecular weight excluding hydrogens is 268 g/mol. The van der Waals surface area contributed by atoms with Crippen LogP contribution in [0.3, 0.4) is 0 Å². The Morgan fingerprint density at radius 2 is 2.05 bits per heavy atom. The first-order chi connectivity index (χ1) is 10.1. The van der Waals surface area contributed by atoms with Gasteiger partial charge >= 0.3 is 0 Å². The third kappa shape index (κ3) is 3.82. The van der Waals surface area contributed by atoms with Crippen molar-refractivity contribution in [2.24, 2.45) is 5.73 Å². The Labute approximate surface area is 123 Å². The van der Waals surface area contributed by atoms with E-state index in [9.17, 15) is 9.59 Å². The monoisotopic (exact) mass is 288 g/mol. The minimum atomic E-state index is -0.336. The first kappa shape index (κ1) is 15.1. The minimum absolute atomic E-state index is 0.0387. The third-order valence-electron chi connectivity index (χ3n) is 3.36. The van der Waals surface area contributed by atoms with E-state index in [1.807, 2.05) is 12.3 Å². The first-order valence-corrected chi connectivity index (χ1v) is 6.91. The molecule has 112 valence electrons. The van der Waals surface area contributed by atoms with Crippen LogP contribution in [0.2, 0.25) is 0 Å². The lowest BCUT2D eigenvalue weighted by Crippen LogP contribution is -2.40. The normalized spacial score (nSPS) is 10.6. The highest BCUT2D eigenvalue weighted by Gasteiger charge is 2.07. The molecule has 2 aromatic rings. The number of aromatic amines is 1. The van der Waals surface area contributed by atoms with Gasteiger partial charge in [-0.05, 0) is 24.5 Å². The molecule has 0 fully saturated rings. The molecular formula is C15H20N4O2. The number of H-pyrrole nitrogens is 1. The third-order valence-corrected chi connectivity index (χ3v) is 3.36. The van der Waals surface area contributed by atoms with E-state index in [1.54, 1.807) is 0 Å². The first-order valence-electron chi connectivity index (χ1n) is 6.91. The van der Waals surface area contributed by atoms with Crippen molar-refractivity contribution in [1.29, 1.82) is 0 Å². The molecule has 21 heavy (non-hydrogen) atoms. The fourth-order valence-electron chi connectivity index (χ4n) is 2.22. The summed E-state index contributed by atoms with van der Waals surface area (Å²) >= 11 is 0. The molecule has 0 unspecified atom stereocenters. The zero-order valence-electron chi connectivity index (χ0n) is 12.0. The molecule has 0 spiro atoms. The number of carbonyl (C=O) groups is 2. The molecule has 5 N–H and O–H groups in total. The Kier molecular flexibility index (Phi) is 4.94. The van der Waals surface area contributed by atoms with Crippen LogP contribution in [-0.4, -0.2) is 36.4 Å². The van der Waals surface area contributed by atoms with E-state index in [0.29, 0.717) is 6.54 Å². The van der Waals surface area contributed by atoms with Crippen LogP contribution >= 0.6 is 0 Å². The molecule has 0 atom stereocenters. The number of benzene rings is 1. The molecule has 2 rings (SSSR count). The van der Waals surface area contributed by atoms with Crippen molar-refractivity contribution in [3.8, 4) is 0 Å². The molecule has 0 radical (unpaired) electrons. The van der Waals surface area contributed by atoms with Gasteiger partial charge in [-0.2, -0.15) is 0 Å². The number of hydrogen-bond acceptors (Lipinski definition) is 3. The van der Waals surface area contributed by atoms with Gasteiger partial charge in [0.2, 0.25) is 11.8 Å².